The molecule has 0 radical (unpaired) electrons. The highest BCUT2D eigenvalue weighted by Gasteiger charge is 2.10. The predicted octanol–water partition coefficient (Wildman–Crippen LogP) is 3.33. The molecule has 0 unspecified atom stereocenters. The number of hydrazone groups is 1. The molecule has 0 spiro atoms. The maximum Gasteiger partial charge on any atom is 0.281 e. The summed E-state index contributed by atoms with van der Waals surface area (Å²) in [5, 5.41) is 6.14. The third-order valence-corrected chi connectivity index (χ3v) is 3.84. The molecule has 108 valence electrons. The first-order chi connectivity index (χ1) is 10.8. The smallest absolute Gasteiger partial charge is 0.266 e. The molecule has 2 aromatic heterocycles. The van der Waals surface area contributed by atoms with E-state index in [2.05, 4.69) is 15.5 Å². The molecule has 1 aromatic carbocycles. The molecule has 1 amide bonds. The molecule has 0 atom stereocenters. The van der Waals surface area contributed by atoms with E-state index in [1.807, 2.05) is 60.0 Å². The van der Waals surface area contributed by atoms with E-state index >= 15 is 0 Å². The summed E-state index contributed by atoms with van der Waals surface area (Å²) in [5.41, 5.74) is 4.84. The van der Waals surface area contributed by atoms with Crippen molar-refractivity contribution in [2.24, 2.45) is 5.10 Å². The normalized spacial score (nSPS) is 11.2. The van der Waals surface area contributed by atoms with Crippen molar-refractivity contribution in [3.05, 3.63) is 88.4 Å². The topological polar surface area (TPSA) is 54.4 Å². The van der Waals surface area contributed by atoms with Crippen LogP contribution in [0.15, 0.2) is 77.3 Å². The minimum Gasteiger partial charge on any atom is -0.266 e. The number of benzene rings is 1. The maximum atomic E-state index is 12.0. The first-order valence-corrected chi connectivity index (χ1v) is 7.61. The number of hydrogen-bond acceptors (Lipinski definition) is 4. The molecule has 0 fully saturated rings. The van der Waals surface area contributed by atoms with Crippen molar-refractivity contribution in [2.75, 3.05) is 0 Å². The highest BCUT2D eigenvalue weighted by Crippen LogP contribution is 2.10. The summed E-state index contributed by atoms with van der Waals surface area (Å²) in [7, 11) is 0. The molecular weight excluding hydrogens is 294 g/mol. The number of nitrogens with one attached hydrogen (secondary N) is 1. The molecule has 1 N–H and O–H groups in total. The van der Waals surface area contributed by atoms with Crippen LogP contribution in [-0.2, 0) is 0 Å². The molecule has 4 nitrogen and oxygen atoms in total. The zero-order valence-electron chi connectivity index (χ0n) is 11.6. The van der Waals surface area contributed by atoms with Gasteiger partial charge in [0, 0.05) is 11.8 Å². The minimum atomic E-state index is -0.223. The van der Waals surface area contributed by atoms with Gasteiger partial charge in [-0.2, -0.15) is 5.10 Å². The van der Waals surface area contributed by atoms with E-state index < -0.39 is 0 Å². The fourth-order valence-corrected chi connectivity index (χ4v) is 2.55. The summed E-state index contributed by atoms with van der Waals surface area (Å²) in [4.78, 5) is 17.0. The fourth-order valence-electron chi connectivity index (χ4n) is 1.94. The lowest BCUT2D eigenvalue weighted by Gasteiger charge is -2.06. The van der Waals surface area contributed by atoms with E-state index in [1.165, 1.54) is 11.3 Å². The van der Waals surface area contributed by atoms with Crippen LogP contribution >= 0.6 is 11.3 Å². The van der Waals surface area contributed by atoms with E-state index in [0.717, 1.165) is 5.56 Å². The van der Waals surface area contributed by atoms with Gasteiger partial charge in [-0.3, -0.25) is 9.78 Å². The van der Waals surface area contributed by atoms with Crippen molar-refractivity contribution in [2.45, 2.75) is 0 Å². The Balaban J connectivity index is 1.92. The summed E-state index contributed by atoms with van der Waals surface area (Å²) >= 11 is 1.38. The van der Waals surface area contributed by atoms with Crippen LogP contribution in [0.25, 0.3) is 0 Å². The Kier molecular flexibility index (Phi) is 4.36. The van der Waals surface area contributed by atoms with Crippen LogP contribution in [-0.4, -0.2) is 16.6 Å². The minimum absolute atomic E-state index is 0.223. The summed E-state index contributed by atoms with van der Waals surface area (Å²) in [5.74, 6) is -0.223. The molecule has 0 bridgehead atoms. The lowest BCUT2D eigenvalue weighted by Crippen LogP contribution is -2.20. The van der Waals surface area contributed by atoms with Gasteiger partial charge < -0.3 is 0 Å². The Hall–Kier alpha value is -2.79. The van der Waals surface area contributed by atoms with Gasteiger partial charge in [0.2, 0.25) is 0 Å². The molecular formula is C17H13N3OS. The predicted molar refractivity (Wildman–Crippen MR) is 88.1 cm³/mol. The number of aromatic nitrogens is 1. The molecule has 0 aliphatic rings. The van der Waals surface area contributed by atoms with Gasteiger partial charge in [0.25, 0.3) is 5.91 Å². The van der Waals surface area contributed by atoms with E-state index in [1.54, 1.807) is 12.3 Å². The number of pyridine rings is 1. The Bertz CT molecular complexity index is 727. The van der Waals surface area contributed by atoms with Crippen LogP contribution in [0.1, 0.15) is 20.9 Å². The van der Waals surface area contributed by atoms with Crippen LogP contribution in [0, 0.1) is 0 Å². The van der Waals surface area contributed by atoms with Gasteiger partial charge in [-0.1, -0.05) is 42.5 Å². The second kappa shape index (κ2) is 6.78. The van der Waals surface area contributed by atoms with Gasteiger partial charge >= 0.3 is 0 Å². The summed E-state index contributed by atoms with van der Waals surface area (Å²) in [6.07, 6.45) is 1.70. The SMILES string of the molecule is O=C(N/N=C(\c1ccccc1)c1ccccn1)c1cccs1. The third kappa shape index (κ3) is 3.27. The number of carbonyl (C=O) groups excluding carboxylic acids is 1. The third-order valence-electron chi connectivity index (χ3n) is 2.97. The van der Waals surface area contributed by atoms with E-state index in [4.69, 9.17) is 0 Å². The molecule has 0 aliphatic carbocycles. The lowest BCUT2D eigenvalue weighted by molar-refractivity contribution is 0.0959. The van der Waals surface area contributed by atoms with Gasteiger partial charge in [0.1, 0.15) is 5.71 Å². The van der Waals surface area contributed by atoms with Crippen molar-refractivity contribution in [3.8, 4) is 0 Å². The molecule has 0 saturated carbocycles. The molecule has 2 heterocycles. The van der Waals surface area contributed by atoms with Crippen molar-refractivity contribution in [1.82, 2.24) is 10.4 Å². The Labute approximate surface area is 132 Å². The summed E-state index contributed by atoms with van der Waals surface area (Å²) < 4.78 is 0. The molecule has 5 heteroatoms. The number of carbonyl (C=O) groups is 1. The van der Waals surface area contributed by atoms with Gasteiger partial charge in [-0.15, -0.1) is 11.3 Å². The Morgan fingerprint density at radius 2 is 1.82 bits per heavy atom. The number of rotatable bonds is 4. The largest absolute Gasteiger partial charge is 0.281 e. The Morgan fingerprint density at radius 1 is 1.00 bits per heavy atom. The summed E-state index contributed by atoms with van der Waals surface area (Å²) in [6, 6.07) is 18.9. The first kappa shape index (κ1) is 14.2. The number of amides is 1. The van der Waals surface area contributed by atoms with Crippen molar-refractivity contribution >= 4 is 23.0 Å². The quantitative estimate of drug-likeness (QED) is 0.594. The van der Waals surface area contributed by atoms with Crippen molar-refractivity contribution < 1.29 is 4.79 Å². The zero-order valence-corrected chi connectivity index (χ0v) is 12.5. The van der Waals surface area contributed by atoms with Crippen LogP contribution in [0.5, 0.6) is 0 Å². The van der Waals surface area contributed by atoms with Gasteiger partial charge in [0.15, 0.2) is 0 Å². The average Bonchev–Trinajstić information content (AvgIpc) is 3.11. The highest BCUT2D eigenvalue weighted by atomic mass is 32.1. The van der Waals surface area contributed by atoms with Crippen LogP contribution < -0.4 is 5.43 Å². The Morgan fingerprint density at radius 3 is 2.50 bits per heavy atom. The molecule has 0 saturated heterocycles. The second-order valence-electron chi connectivity index (χ2n) is 4.46. The second-order valence-corrected chi connectivity index (χ2v) is 5.41. The van der Waals surface area contributed by atoms with E-state index in [0.29, 0.717) is 16.3 Å². The average molecular weight is 307 g/mol. The molecule has 3 aromatic rings. The number of thiophene rings is 1. The van der Waals surface area contributed by atoms with Crippen LogP contribution in [0.3, 0.4) is 0 Å². The number of hydrogen-bond donors (Lipinski definition) is 1. The molecule has 3 rings (SSSR count). The number of nitrogens with zero attached hydrogens (tertiary/aromatic N) is 2. The van der Waals surface area contributed by atoms with Gasteiger partial charge in [-0.25, -0.2) is 5.43 Å². The monoisotopic (exact) mass is 307 g/mol. The van der Waals surface area contributed by atoms with Crippen LogP contribution in [0.2, 0.25) is 0 Å². The van der Waals surface area contributed by atoms with Crippen molar-refractivity contribution in [1.29, 1.82) is 0 Å². The van der Waals surface area contributed by atoms with Crippen molar-refractivity contribution in [3.63, 3.8) is 0 Å². The lowest BCUT2D eigenvalue weighted by atomic mass is 10.1. The van der Waals surface area contributed by atoms with Crippen LogP contribution in [0.4, 0.5) is 0 Å². The maximum absolute atomic E-state index is 12.0. The highest BCUT2D eigenvalue weighted by molar-refractivity contribution is 7.12. The zero-order chi connectivity index (χ0) is 15.2. The standard InChI is InChI=1S/C17H13N3OS/c21-17(15-10-6-12-22-15)20-19-16(13-7-2-1-3-8-13)14-9-4-5-11-18-14/h1-12H,(H,20,21)/b19-16+. The van der Waals surface area contributed by atoms with Gasteiger partial charge in [-0.05, 0) is 23.6 Å². The van der Waals surface area contributed by atoms with E-state index in [9.17, 15) is 4.79 Å². The van der Waals surface area contributed by atoms with Gasteiger partial charge in [0.05, 0.1) is 10.6 Å². The molecule has 0 aliphatic heterocycles. The van der Waals surface area contributed by atoms with E-state index in [-0.39, 0.29) is 5.91 Å². The fraction of sp³-hybridized carbons (Fsp3) is 0. The first-order valence-electron chi connectivity index (χ1n) is 6.73. The summed E-state index contributed by atoms with van der Waals surface area (Å²) in [6.45, 7) is 0. The molecule has 22 heavy (non-hydrogen) atoms.